The zero-order valence-electron chi connectivity index (χ0n) is 8.28. The lowest BCUT2D eigenvalue weighted by molar-refractivity contribution is -0.117. The monoisotopic (exact) mass is 279 g/mol. The molecule has 1 saturated carbocycles. The number of alkyl halides is 3. The summed E-state index contributed by atoms with van der Waals surface area (Å²) in [4.78, 5) is 11.2. The first kappa shape index (κ1) is 13.8. The van der Waals surface area contributed by atoms with E-state index in [-0.39, 0.29) is 12.2 Å². The van der Waals surface area contributed by atoms with Crippen LogP contribution in [0.3, 0.4) is 0 Å². The molecule has 2 unspecified atom stereocenters. The summed E-state index contributed by atoms with van der Waals surface area (Å²) in [5.74, 6) is -0.233. The van der Waals surface area contributed by atoms with E-state index in [1.54, 1.807) is 0 Å². The van der Waals surface area contributed by atoms with Gasteiger partial charge in [-0.15, -0.1) is 0 Å². The molecular weight excluding hydrogens is 269 g/mol. The maximum absolute atomic E-state index is 12.0. The van der Waals surface area contributed by atoms with Crippen molar-refractivity contribution in [3.05, 3.63) is 0 Å². The van der Waals surface area contributed by atoms with Crippen molar-refractivity contribution >= 4 is 27.1 Å². The third kappa shape index (κ3) is 2.89. The van der Waals surface area contributed by atoms with Crippen molar-refractivity contribution < 1.29 is 30.0 Å². The fraction of sp³-hybridized carbons (Fsp3) is 0.857. The highest BCUT2D eigenvalue weighted by molar-refractivity contribution is 8.03. The molecule has 0 heterocycles. The zero-order chi connectivity index (χ0) is 12.6. The molecular formula is C7H10F3O4S2+. The average Bonchev–Trinajstić information content (AvgIpc) is 2.48. The molecule has 0 bridgehead atoms. The Bertz CT molecular complexity index is 376. The van der Waals surface area contributed by atoms with Gasteiger partial charge in [-0.2, -0.15) is 21.6 Å². The maximum Gasteiger partial charge on any atom is 0.527 e. The van der Waals surface area contributed by atoms with Crippen LogP contribution in [-0.4, -0.2) is 31.2 Å². The molecule has 1 aliphatic rings. The summed E-state index contributed by atoms with van der Waals surface area (Å²) in [5, 5.41) is -0.725. The first-order valence-electron chi connectivity index (χ1n) is 4.34. The van der Waals surface area contributed by atoms with Gasteiger partial charge in [0.15, 0.2) is 17.0 Å². The van der Waals surface area contributed by atoms with Gasteiger partial charge in [0.1, 0.15) is 6.26 Å². The highest BCUT2D eigenvalue weighted by atomic mass is 32.3. The minimum Gasteiger partial charge on any atom is -0.294 e. The van der Waals surface area contributed by atoms with Gasteiger partial charge in [0.25, 0.3) is 0 Å². The van der Waals surface area contributed by atoms with Gasteiger partial charge in [-0.1, -0.05) is 0 Å². The first-order chi connectivity index (χ1) is 7.15. The number of halogens is 3. The second kappa shape index (κ2) is 4.53. The van der Waals surface area contributed by atoms with Crippen molar-refractivity contribution in [2.24, 2.45) is 0 Å². The molecule has 0 aromatic carbocycles. The highest BCUT2D eigenvalue weighted by Gasteiger charge is 2.54. The van der Waals surface area contributed by atoms with Crippen LogP contribution in [0.1, 0.15) is 19.3 Å². The normalized spacial score (nSPS) is 24.8. The molecule has 2 atom stereocenters. The Morgan fingerprint density at radius 3 is 2.38 bits per heavy atom. The molecule has 0 spiro atoms. The fourth-order valence-corrected chi connectivity index (χ4v) is 4.17. The standard InChI is InChI=1S/C7H10F3O4S2/c1-15(6-4-2-3-5(6)11)14-16(12,13)7(8,9)10/h6H,2-4H2,1H3/q+1. The second-order valence-corrected chi connectivity index (χ2v) is 6.80. The molecule has 0 N–H and O–H groups in total. The molecule has 4 nitrogen and oxygen atoms in total. The third-order valence-electron chi connectivity index (χ3n) is 2.13. The molecule has 9 heteroatoms. The van der Waals surface area contributed by atoms with Gasteiger partial charge in [0, 0.05) is 12.8 Å². The lowest BCUT2D eigenvalue weighted by atomic mass is 10.3. The number of hydrogen-bond donors (Lipinski definition) is 0. The van der Waals surface area contributed by atoms with E-state index in [2.05, 4.69) is 3.63 Å². The van der Waals surface area contributed by atoms with E-state index in [9.17, 15) is 26.4 Å². The smallest absolute Gasteiger partial charge is 0.294 e. The van der Waals surface area contributed by atoms with E-state index in [4.69, 9.17) is 0 Å². The van der Waals surface area contributed by atoms with Crippen LogP contribution >= 0.6 is 0 Å². The van der Waals surface area contributed by atoms with Crippen LogP contribution in [0.4, 0.5) is 13.2 Å². The average molecular weight is 279 g/mol. The fourth-order valence-electron chi connectivity index (χ4n) is 1.36. The molecule has 0 saturated heterocycles. The van der Waals surface area contributed by atoms with Gasteiger partial charge in [-0.25, -0.2) is 0 Å². The Labute approximate surface area is 93.8 Å². The minimum atomic E-state index is -5.60. The molecule has 94 valence electrons. The molecule has 1 aliphatic carbocycles. The first-order valence-corrected chi connectivity index (χ1v) is 7.37. The quantitative estimate of drug-likeness (QED) is 0.574. The topological polar surface area (TPSA) is 60.4 Å². The van der Waals surface area contributed by atoms with Crippen molar-refractivity contribution in [3.63, 3.8) is 0 Å². The van der Waals surface area contributed by atoms with E-state index in [0.29, 0.717) is 12.8 Å². The van der Waals surface area contributed by atoms with Gasteiger partial charge >= 0.3 is 15.6 Å². The zero-order valence-corrected chi connectivity index (χ0v) is 9.92. The van der Waals surface area contributed by atoms with Crippen molar-refractivity contribution in [2.75, 3.05) is 6.26 Å². The van der Waals surface area contributed by atoms with Crippen molar-refractivity contribution in [1.82, 2.24) is 0 Å². The SMILES string of the molecule is C[S+](OS(=O)(=O)C(F)(F)F)C1CCCC1=O. The molecule has 0 amide bonds. The van der Waals surface area contributed by atoms with E-state index in [0.717, 1.165) is 0 Å². The molecule has 0 aromatic rings. The van der Waals surface area contributed by atoms with Crippen LogP contribution in [0, 0.1) is 0 Å². The lowest BCUT2D eigenvalue weighted by Crippen LogP contribution is -2.34. The summed E-state index contributed by atoms with van der Waals surface area (Å²) in [7, 11) is -5.60. The Morgan fingerprint density at radius 1 is 1.44 bits per heavy atom. The van der Waals surface area contributed by atoms with Crippen LogP contribution in [0.25, 0.3) is 0 Å². The largest absolute Gasteiger partial charge is 0.527 e. The van der Waals surface area contributed by atoms with E-state index in [1.807, 2.05) is 0 Å². The number of Topliss-reactive ketones (excluding diaryl/α,β-unsaturated/α-hetero) is 1. The van der Waals surface area contributed by atoms with E-state index < -0.39 is 32.1 Å². The molecule has 0 radical (unpaired) electrons. The van der Waals surface area contributed by atoms with Crippen LogP contribution in [0.15, 0.2) is 0 Å². The number of carbonyl (C=O) groups excluding carboxylic acids is 1. The van der Waals surface area contributed by atoms with E-state index in [1.165, 1.54) is 6.26 Å². The van der Waals surface area contributed by atoms with Crippen LogP contribution in [-0.2, 0) is 29.7 Å². The minimum absolute atomic E-state index is 0.233. The molecule has 0 aliphatic heterocycles. The van der Waals surface area contributed by atoms with Crippen LogP contribution < -0.4 is 0 Å². The highest BCUT2D eigenvalue weighted by Crippen LogP contribution is 2.30. The Morgan fingerprint density at radius 2 is 2.00 bits per heavy atom. The molecule has 16 heavy (non-hydrogen) atoms. The van der Waals surface area contributed by atoms with Gasteiger partial charge in [0.2, 0.25) is 5.25 Å². The van der Waals surface area contributed by atoms with Crippen LogP contribution in [0.2, 0.25) is 0 Å². The van der Waals surface area contributed by atoms with Gasteiger partial charge in [0.05, 0.1) is 0 Å². The molecule has 1 fully saturated rings. The Balaban J connectivity index is 2.71. The number of ketones is 1. The van der Waals surface area contributed by atoms with Gasteiger partial charge < -0.3 is 0 Å². The Hall–Kier alpha value is -0.280. The number of rotatable bonds is 3. The predicted molar refractivity (Wildman–Crippen MR) is 52.0 cm³/mol. The second-order valence-electron chi connectivity index (χ2n) is 3.31. The van der Waals surface area contributed by atoms with Gasteiger partial charge in [-0.3, -0.25) is 4.79 Å². The number of hydrogen-bond acceptors (Lipinski definition) is 4. The summed E-state index contributed by atoms with van der Waals surface area (Å²) >= 11 is -1.55. The lowest BCUT2D eigenvalue weighted by Gasteiger charge is -2.09. The van der Waals surface area contributed by atoms with Crippen molar-refractivity contribution in [2.45, 2.75) is 30.0 Å². The third-order valence-corrected chi connectivity index (χ3v) is 5.57. The maximum atomic E-state index is 12.0. The number of carbonyl (C=O) groups is 1. The van der Waals surface area contributed by atoms with Crippen molar-refractivity contribution in [3.8, 4) is 0 Å². The predicted octanol–water partition coefficient (Wildman–Crippen LogP) is 1.14. The summed E-state index contributed by atoms with van der Waals surface area (Å²) in [5.41, 5.74) is -5.43. The Kier molecular flexibility index (Phi) is 3.91. The molecule has 0 aromatic heterocycles. The van der Waals surface area contributed by atoms with Gasteiger partial charge in [-0.05, 0) is 10.1 Å². The summed E-state index contributed by atoms with van der Waals surface area (Å²) < 4.78 is 61.3. The van der Waals surface area contributed by atoms with Crippen LogP contribution in [0.5, 0.6) is 0 Å². The molecule has 1 rings (SSSR count). The summed E-state index contributed by atoms with van der Waals surface area (Å²) in [6, 6.07) is 0. The van der Waals surface area contributed by atoms with Crippen molar-refractivity contribution in [1.29, 1.82) is 0 Å². The summed E-state index contributed by atoms with van der Waals surface area (Å²) in [6.45, 7) is 0. The van der Waals surface area contributed by atoms with E-state index >= 15 is 0 Å². The summed E-state index contributed by atoms with van der Waals surface area (Å²) in [6.07, 6.45) is 2.41.